The molecule has 1 aliphatic rings. The van der Waals surface area contributed by atoms with Crippen molar-refractivity contribution in [1.29, 1.82) is 0 Å². The van der Waals surface area contributed by atoms with Gasteiger partial charge in [-0.2, -0.15) is 0 Å². The normalized spacial score (nSPS) is 16.4. The zero-order valence-electron chi connectivity index (χ0n) is 14.8. The van der Waals surface area contributed by atoms with Crippen molar-refractivity contribution < 1.29 is 14.6 Å². The van der Waals surface area contributed by atoms with Gasteiger partial charge in [0, 0.05) is 41.2 Å². The van der Waals surface area contributed by atoms with Crippen LogP contribution in [0.3, 0.4) is 0 Å². The first kappa shape index (κ1) is 17.9. The van der Waals surface area contributed by atoms with Gasteiger partial charge >= 0.3 is 0 Å². The average molecular weight is 385 g/mol. The predicted molar refractivity (Wildman–Crippen MR) is 105 cm³/mol. The number of benzene rings is 2. The summed E-state index contributed by atoms with van der Waals surface area (Å²) in [5.41, 5.74) is 4.32. The third kappa shape index (κ3) is 3.40. The summed E-state index contributed by atoms with van der Waals surface area (Å²) in [5.74, 6) is 0.754. The predicted octanol–water partition coefficient (Wildman–Crippen LogP) is 3.69. The van der Waals surface area contributed by atoms with Crippen LogP contribution < -0.4 is 4.74 Å². The van der Waals surface area contributed by atoms with Crippen LogP contribution in [0.15, 0.2) is 42.5 Å². The number of hydrogen-bond donors (Lipinski definition) is 2. The van der Waals surface area contributed by atoms with Gasteiger partial charge in [0.2, 0.25) is 6.41 Å². The monoisotopic (exact) mass is 384 g/mol. The maximum atomic E-state index is 11.7. The molecule has 0 fully saturated rings. The second-order valence-electron chi connectivity index (χ2n) is 6.70. The fraction of sp³-hybridized carbons (Fsp3) is 0.286. The number of nitrogens with one attached hydrogen (secondary N) is 1. The minimum absolute atomic E-state index is 0.113. The molecule has 2 aromatic carbocycles. The summed E-state index contributed by atoms with van der Waals surface area (Å²) in [6.45, 7) is 1.25. The minimum Gasteiger partial charge on any atom is -0.494 e. The molecule has 2 heterocycles. The fourth-order valence-electron chi connectivity index (χ4n) is 3.75. The van der Waals surface area contributed by atoms with E-state index in [0.29, 0.717) is 24.6 Å². The van der Waals surface area contributed by atoms with Crippen molar-refractivity contribution in [2.75, 3.05) is 19.8 Å². The number of hydrogen-bond acceptors (Lipinski definition) is 3. The summed E-state index contributed by atoms with van der Waals surface area (Å²) < 4.78 is 5.61. The summed E-state index contributed by atoms with van der Waals surface area (Å²) in [6.07, 6.45) is 2.31. The maximum Gasteiger partial charge on any atom is 0.210 e. The molecular formula is C21H21ClN2O3. The summed E-state index contributed by atoms with van der Waals surface area (Å²) in [5, 5.41) is 10.7. The lowest BCUT2D eigenvalue weighted by atomic mass is 9.93. The van der Waals surface area contributed by atoms with Crippen LogP contribution in [-0.2, 0) is 11.2 Å². The average Bonchev–Trinajstić information content (AvgIpc) is 3.06. The number of carbonyl (C=O) groups is 1. The number of halogens is 1. The van der Waals surface area contributed by atoms with Crippen molar-refractivity contribution in [1.82, 2.24) is 9.88 Å². The Labute approximate surface area is 162 Å². The van der Waals surface area contributed by atoms with Crippen LogP contribution in [0, 0.1) is 0 Å². The maximum absolute atomic E-state index is 11.7. The summed E-state index contributed by atoms with van der Waals surface area (Å²) in [7, 11) is 0. The Morgan fingerprint density at radius 2 is 2.07 bits per heavy atom. The van der Waals surface area contributed by atoms with Crippen molar-refractivity contribution in [2.24, 2.45) is 0 Å². The number of aliphatic hydroxyl groups is 1. The number of nitrogens with zero attached hydrogens (tertiary/aromatic N) is 1. The molecular weight excluding hydrogens is 364 g/mol. The van der Waals surface area contributed by atoms with Crippen molar-refractivity contribution in [3.05, 3.63) is 64.3 Å². The molecule has 0 saturated heterocycles. The first-order valence-electron chi connectivity index (χ1n) is 9.06. The van der Waals surface area contributed by atoms with Crippen LogP contribution in [0.1, 0.15) is 29.3 Å². The quantitative estimate of drug-likeness (QED) is 0.503. The molecule has 0 saturated carbocycles. The van der Waals surface area contributed by atoms with Gasteiger partial charge in [0.1, 0.15) is 5.75 Å². The second kappa shape index (κ2) is 7.62. The lowest BCUT2D eigenvalue weighted by molar-refractivity contribution is -0.120. The van der Waals surface area contributed by atoms with Crippen molar-refractivity contribution in [3.8, 4) is 5.75 Å². The highest BCUT2D eigenvalue weighted by Gasteiger charge is 2.30. The van der Waals surface area contributed by atoms with Gasteiger partial charge in [-0.25, -0.2) is 0 Å². The number of carbonyl (C=O) groups excluding carboxylic acids is 1. The molecule has 1 amide bonds. The van der Waals surface area contributed by atoms with Crippen LogP contribution in [0.4, 0.5) is 0 Å². The van der Waals surface area contributed by atoms with E-state index in [2.05, 4.69) is 4.98 Å². The number of rotatable bonds is 6. The molecule has 0 bridgehead atoms. The largest absolute Gasteiger partial charge is 0.494 e. The highest BCUT2D eigenvalue weighted by Crippen LogP contribution is 2.38. The molecule has 27 heavy (non-hydrogen) atoms. The Morgan fingerprint density at radius 1 is 1.26 bits per heavy atom. The van der Waals surface area contributed by atoms with Crippen LogP contribution in [0.5, 0.6) is 5.75 Å². The molecule has 0 spiro atoms. The van der Waals surface area contributed by atoms with Gasteiger partial charge in [0.25, 0.3) is 0 Å². The SMILES string of the molecule is O=CN1CCc2c([nH]c3ccc(Cl)cc23)[C@@H]1c1ccc(OCCCO)cc1. The topological polar surface area (TPSA) is 65.6 Å². The zero-order chi connectivity index (χ0) is 18.8. The van der Waals surface area contributed by atoms with E-state index in [4.69, 9.17) is 21.4 Å². The number of aromatic nitrogens is 1. The van der Waals surface area contributed by atoms with Gasteiger partial charge in [-0.15, -0.1) is 0 Å². The summed E-state index contributed by atoms with van der Waals surface area (Å²) in [4.78, 5) is 17.0. The van der Waals surface area contributed by atoms with E-state index in [9.17, 15) is 4.79 Å². The summed E-state index contributed by atoms with van der Waals surface area (Å²) >= 11 is 6.19. The van der Waals surface area contributed by atoms with Gasteiger partial charge < -0.3 is 19.7 Å². The van der Waals surface area contributed by atoms with E-state index in [1.54, 1.807) is 0 Å². The van der Waals surface area contributed by atoms with Crippen LogP contribution in [0.25, 0.3) is 10.9 Å². The first-order valence-corrected chi connectivity index (χ1v) is 9.43. The second-order valence-corrected chi connectivity index (χ2v) is 7.13. The first-order chi connectivity index (χ1) is 13.2. The van der Waals surface area contributed by atoms with E-state index in [1.807, 2.05) is 47.4 Å². The number of H-pyrrole nitrogens is 1. The number of aromatic amines is 1. The minimum atomic E-state index is -0.163. The third-order valence-electron chi connectivity index (χ3n) is 5.03. The van der Waals surface area contributed by atoms with Crippen molar-refractivity contribution in [2.45, 2.75) is 18.9 Å². The molecule has 5 nitrogen and oxygen atoms in total. The van der Waals surface area contributed by atoms with Gasteiger partial charge in [-0.1, -0.05) is 23.7 Å². The Morgan fingerprint density at radius 3 is 2.81 bits per heavy atom. The van der Waals surface area contributed by atoms with Crippen molar-refractivity contribution >= 4 is 28.9 Å². The van der Waals surface area contributed by atoms with Crippen molar-refractivity contribution in [3.63, 3.8) is 0 Å². The van der Waals surface area contributed by atoms with Gasteiger partial charge in [-0.05, 0) is 47.9 Å². The molecule has 0 radical (unpaired) electrons. The number of amides is 1. The van der Waals surface area contributed by atoms with E-state index in [0.717, 1.165) is 40.7 Å². The zero-order valence-corrected chi connectivity index (χ0v) is 15.6. The third-order valence-corrected chi connectivity index (χ3v) is 5.26. The lowest BCUT2D eigenvalue weighted by Gasteiger charge is -2.33. The van der Waals surface area contributed by atoms with E-state index in [-0.39, 0.29) is 12.6 Å². The van der Waals surface area contributed by atoms with Gasteiger partial charge in [0.05, 0.1) is 12.6 Å². The van der Waals surface area contributed by atoms with E-state index in [1.165, 1.54) is 5.56 Å². The Bertz CT molecular complexity index is 952. The molecule has 1 aromatic heterocycles. The van der Waals surface area contributed by atoms with E-state index < -0.39 is 0 Å². The smallest absolute Gasteiger partial charge is 0.210 e. The molecule has 140 valence electrons. The Hall–Kier alpha value is -2.50. The number of ether oxygens (including phenoxy) is 1. The standard InChI is InChI=1S/C21H21ClN2O3/c22-15-4-7-19-18(12-15)17-8-9-24(13-26)21(20(17)23-19)14-2-5-16(6-3-14)27-11-1-10-25/h2-7,12-13,21,23,25H,1,8-11H2/t21-/m0/s1. The highest BCUT2D eigenvalue weighted by molar-refractivity contribution is 6.31. The lowest BCUT2D eigenvalue weighted by Crippen LogP contribution is -2.34. The Balaban J connectivity index is 1.71. The fourth-order valence-corrected chi connectivity index (χ4v) is 3.92. The summed E-state index contributed by atoms with van der Waals surface area (Å²) in [6, 6.07) is 13.5. The molecule has 1 atom stereocenters. The van der Waals surface area contributed by atoms with Gasteiger partial charge in [0.15, 0.2) is 0 Å². The highest BCUT2D eigenvalue weighted by atomic mass is 35.5. The molecule has 0 unspecified atom stereocenters. The molecule has 1 aliphatic heterocycles. The van der Waals surface area contributed by atoms with Crippen LogP contribution in [-0.4, -0.2) is 41.2 Å². The number of aliphatic hydroxyl groups excluding tert-OH is 1. The molecule has 4 rings (SSSR count). The molecule has 6 heteroatoms. The molecule has 3 aromatic rings. The van der Waals surface area contributed by atoms with Crippen LogP contribution >= 0.6 is 11.6 Å². The van der Waals surface area contributed by atoms with Gasteiger partial charge in [-0.3, -0.25) is 4.79 Å². The van der Waals surface area contributed by atoms with Crippen LogP contribution in [0.2, 0.25) is 5.02 Å². The van der Waals surface area contributed by atoms with E-state index >= 15 is 0 Å². The Kier molecular flexibility index (Phi) is 5.05. The number of fused-ring (bicyclic) bond motifs is 3. The molecule has 2 N–H and O–H groups in total. The molecule has 0 aliphatic carbocycles.